The molecule has 0 aliphatic heterocycles. The summed E-state index contributed by atoms with van der Waals surface area (Å²) in [4.78, 5) is 0. The predicted molar refractivity (Wildman–Crippen MR) is 62.6 cm³/mol. The van der Waals surface area contributed by atoms with Crippen molar-refractivity contribution in [2.24, 2.45) is 0 Å². The smallest absolute Gasteiger partial charge is 0.0242 e. The molecule has 2 heteroatoms. The molecule has 12 heavy (non-hydrogen) atoms. The van der Waals surface area contributed by atoms with Crippen molar-refractivity contribution in [3.63, 3.8) is 0 Å². The van der Waals surface area contributed by atoms with E-state index < -0.39 is 0 Å². The van der Waals surface area contributed by atoms with Crippen molar-refractivity contribution in [1.29, 1.82) is 0 Å². The molecule has 0 aromatic carbocycles. The first-order valence-electron chi connectivity index (χ1n) is 5.25. The van der Waals surface area contributed by atoms with Crippen LogP contribution in [-0.4, -0.2) is 12.3 Å². The molecule has 0 amide bonds. The third kappa shape index (κ3) is 10.9. The van der Waals surface area contributed by atoms with E-state index in [1.807, 2.05) is 0 Å². The average Bonchev–Trinajstić information content (AvgIpc) is 2.10. The van der Waals surface area contributed by atoms with Gasteiger partial charge in [-0.3, -0.25) is 0 Å². The molecule has 72 valence electrons. The number of unbranched alkanes of at least 4 members (excludes halogenated alkanes) is 4. The van der Waals surface area contributed by atoms with Crippen LogP contribution in [0.1, 0.15) is 52.4 Å². The lowest BCUT2D eigenvalue weighted by atomic mass is 10.2. The molecule has 0 atom stereocenters. The fourth-order valence-electron chi connectivity index (χ4n) is 1.03. The zero-order chi connectivity index (χ0) is 9.07. The van der Waals surface area contributed by atoms with Crippen LogP contribution in [-0.2, 0) is 0 Å². The highest BCUT2D eigenvalue weighted by Gasteiger charge is 1.90. The van der Waals surface area contributed by atoms with E-state index in [0.29, 0.717) is 0 Å². The normalized spacial score (nSPS) is 12.5. The monoisotopic (exact) mass is 204 g/mol. The van der Waals surface area contributed by atoms with E-state index in [1.165, 1.54) is 50.8 Å². The van der Waals surface area contributed by atoms with Crippen LogP contribution in [0.4, 0.5) is 0 Å². The maximum absolute atomic E-state index is 2.28. The minimum atomic E-state index is 1.35. The minimum absolute atomic E-state index is 1.35. The Morgan fingerprint density at radius 3 is 2.00 bits per heavy atom. The maximum Gasteiger partial charge on any atom is -0.0242 e. The van der Waals surface area contributed by atoms with Crippen LogP contribution >= 0.6 is 16.5 Å². The van der Waals surface area contributed by atoms with Crippen LogP contribution in [0.2, 0.25) is 0 Å². The molecule has 0 bridgehead atoms. The van der Waals surface area contributed by atoms with E-state index >= 15 is 0 Å². The van der Waals surface area contributed by atoms with E-state index in [2.05, 4.69) is 13.8 Å². The highest BCUT2D eigenvalue weighted by Crippen LogP contribution is 2.37. The van der Waals surface area contributed by atoms with Gasteiger partial charge in [0.2, 0.25) is 0 Å². The van der Waals surface area contributed by atoms with Crippen molar-refractivity contribution in [1.82, 2.24) is 0 Å². The molecule has 0 spiro atoms. The lowest BCUT2D eigenvalue weighted by Crippen LogP contribution is -1.78. The largest absolute Gasteiger partial charge is 0.0654 e. The van der Waals surface area contributed by atoms with Crippen molar-refractivity contribution >= 4 is 16.5 Å². The van der Waals surface area contributed by atoms with Gasteiger partial charge in [0, 0.05) is 0 Å². The summed E-state index contributed by atoms with van der Waals surface area (Å²) in [6.45, 7) is 4.54. The third-order valence-corrected chi connectivity index (χ3v) is 4.95. The SMILES string of the molecule is CCCCCCC[P][P]CCC. The lowest BCUT2D eigenvalue weighted by molar-refractivity contribution is 0.659. The number of hydrogen-bond donors (Lipinski definition) is 0. The van der Waals surface area contributed by atoms with Gasteiger partial charge in [0.05, 0.1) is 0 Å². The summed E-state index contributed by atoms with van der Waals surface area (Å²) in [7, 11) is 3.32. The second kappa shape index (κ2) is 11.9. The van der Waals surface area contributed by atoms with Gasteiger partial charge >= 0.3 is 0 Å². The van der Waals surface area contributed by atoms with E-state index in [1.54, 1.807) is 16.5 Å². The molecule has 0 rings (SSSR count). The van der Waals surface area contributed by atoms with Gasteiger partial charge in [-0.05, 0) is 35.3 Å². The topological polar surface area (TPSA) is 0 Å². The Kier molecular flexibility index (Phi) is 12.7. The molecule has 0 aromatic rings. The van der Waals surface area contributed by atoms with Crippen molar-refractivity contribution in [2.75, 3.05) is 12.3 Å². The molecular weight excluding hydrogens is 182 g/mol. The fraction of sp³-hybridized carbons (Fsp3) is 1.00. The molecular formula is C10H22P2. The van der Waals surface area contributed by atoms with Crippen LogP contribution in [0.15, 0.2) is 0 Å². The second-order valence-corrected chi connectivity index (χ2v) is 6.30. The van der Waals surface area contributed by atoms with Crippen LogP contribution in [0.5, 0.6) is 0 Å². The highest BCUT2D eigenvalue weighted by molar-refractivity contribution is 8.11. The Hall–Kier alpha value is 0.860. The Labute approximate surface area is 81.7 Å². The van der Waals surface area contributed by atoms with Crippen molar-refractivity contribution < 1.29 is 0 Å². The third-order valence-electron chi connectivity index (χ3n) is 1.79. The number of hydrogen-bond acceptors (Lipinski definition) is 0. The second-order valence-electron chi connectivity index (χ2n) is 3.14. The molecule has 0 nitrogen and oxygen atoms in total. The molecule has 0 aliphatic rings. The Morgan fingerprint density at radius 2 is 1.33 bits per heavy atom. The van der Waals surface area contributed by atoms with Gasteiger partial charge < -0.3 is 0 Å². The molecule has 0 saturated heterocycles. The zero-order valence-electron chi connectivity index (χ0n) is 8.55. The van der Waals surface area contributed by atoms with Gasteiger partial charge in [-0.25, -0.2) is 0 Å². The van der Waals surface area contributed by atoms with Gasteiger partial charge in [0.15, 0.2) is 0 Å². The summed E-state index contributed by atoms with van der Waals surface area (Å²) >= 11 is 0. The van der Waals surface area contributed by atoms with E-state index in [0.717, 1.165) is 0 Å². The van der Waals surface area contributed by atoms with Crippen molar-refractivity contribution in [2.45, 2.75) is 52.4 Å². The molecule has 0 fully saturated rings. The first-order chi connectivity index (χ1) is 5.91. The molecule has 0 aliphatic carbocycles. The Morgan fingerprint density at radius 1 is 0.667 bits per heavy atom. The van der Waals surface area contributed by atoms with Gasteiger partial charge in [0.1, 0.15) is 0 Å². The molecule has 2 radical (unpaired) electrons. The quantitative estimate of drug-likeness (QED) is 0.359. The molecule has 0 heterocycles. The van der Waals surface area contributed by atoms with Crippen molar-refractivity contribution in [3.05, 3.63) is 0 Å². The Bertz CT molecular complexity index is 64.2. The highest BCUT2D eigenvalue weighted by atomic mass is 32.0. The molecule has 0 unspecified atom stereocenters. The summed E-state index contributed by atoms with van der Waals surface area (Å²) in [5.74, 6) is 0. The molecule has 0 saturated carbocycles. The molecule has 0 aromatic heterocycles. The maximum atomic E-state index is 2.28. The van der Waals surface area contributed by atoms with Gasteiger partial charge in [-0.2, -0.15) is 0 Å². The standard InChI is InChI=1S/C10H22P2/c1-3-5-6-7-8-10-12-11-9-4-2/h3-10H2,1-2H3. The van der Waals surface area contributed by atoms with Gasteiger partial charge in [-0.15, -0.1) is 0 Å². The predicted octanol–water partition coefficient (Wildman–Crippen LogP) is 5.17. The summed E-state index contributed by atoms with van der Waals surface area (Å²) in [5.41, 5.74) is 0. The summed E-state index contributed by atoms with van der Waals surface area (Å²) in [6.07, 6.45) is 11.4. The first kappa shape index (κ1) is 12.9. The Balaban J connectivity index is 2.73. The van der Waals surface area contributed by atoms with Crippen LogP contribution in [0.3, 0.4) is 0 Å². The van der Waals surface area contributed by atoms with E-state index in [4.69, 9.17) is 0 Å². The van der Waals surface area contributed by atoms with Gasteiger partial charge in [-0.1, -0.05) is 46.0 Å². The fourth-order valence-corrected chi connectivity index (χ4v) is 3.75. The van der Waals surface area contributed by atoms with Crippen molar-refractivity contribution in [3.8, 4) is 0 Å². The summed E-state index contributed by atoms with van der Waals surface area (Å²) in [6, 6.07) is 0. The lowest BCUT2D eigenvalue weighted by Gasteiger charge is -1.99. The number of rotatable bonds is 9. The summed E-state index contributed by atoms with van der Waals surface area (Å²) < 4.78 is 0. The van der Waals surface area contributed by atoms with E-state index in [9.17, 15) is 0 Å². The average molecular weight is 204 g/mol. The first-order valence-corrected chi connectivity index (χ1v) is 8.11. The van der Waals surface area contributed by atoms with Crippen LogP contribution in [0.25, 0.3) is 0 Å². The summed E-state index contributed by atoms with van der Waals surface area (Å²) in [5, 5.41) is 0. The van der Waals surface area contributed by atoms with E-state index in [-0.39, 0.29) is 0 Å². The minimum Gasteiger partial charge on any atom is -0.0654 e. The van der Waals surface area contributed by atoms with Crippen LogP contribution in [0, 0.1) is 0 Å². The van der Waals surface area contributed by atoms with Crippen LogP contribution < -0.4 is 0 Å². The molecule has 0 N–H and O–H groups in total. The zero-order valence-corrected chi connectivity index (χ0v) is 10.3. The van der Waals surface area contributed by atoms with Gasteiger partial charge in [0.25, 0.3) is 0 Å².